The Balaban J connectivity index is 1.28. The molecule has 1 saturated heterocycles. The summed E-state index contributed by atoms with van der Waals surface area (Å²) in [7, 11) is -2.27. The van der Waals surface area contributed by atoms with E-state index in [2.05, 4.69) is 22.6 Å². The number of nitrogens with one attached hydrogen (secondary N) is 3. The highest BCUT2D eigenvalue weighted by Gasteiger charge is 2.44. The largest absolute Gasteiger partial charge is 0.396 e. The summed E-state index contributed by atoms with van der Waals surface area (Å²) in [6.45, 7) is 9.47. The van der Waals surface area contributed by atoms with Crippen LogP contribution in [-0.4, -0.2) is 288 Å². The number of carbonyl (C=O) groups excluding carboxylic acids is 8. The predicted octanol–water partition coefficient (Wildman–Crippen LogP) is 6.15. The average molecular weight is 1680 g/mol. The first kappa shape index (κ1) is 104. The molecule has 4 fully saturated rings. The average Bonchev–Trinajstić information content (AvgIpc) is 0.970. The third-order valence-electron chi connectivity index (χ3n) is 23.6. The molecule has 0 aromatic rings. The molecule has 16 unspecified atom stereocenters. The minimum absolute atomic E-state index is 0.00452. The van der Waals surface area contributed by atoms with Crippen molar-refractivity contribution >= 4 is 54.4 Å². The van der Waals surface area contributed by atoms with E-state index in [9.17, 15) is 94.0 Å². The molecule has 0 aromatic carbocycles. The smallest absolute Gasteiger partial charge is 0.222 e. The van der Waals surface area contributed by atoms with Crippen molar-refractivity contribution < 1.29 is 131 Å². The van der Waals surface area contributed by atoms with Crippen LogP contribution in [0.1, 0.15) is 258 Å². The second-order valence-electron chi connectivity index (χ2n) is 33.2. The molecule has 18 atom stereocenters. The number of β-amino-alcohol motifs (C(OH)–C–C–N with tert-alkyl or cyclic N) is 1. The Hall–Kier alpha value is -3.93. The van der Waals surface area contributed by atoms with Gasteiger partial charge in [-0.3, -0.25) is 42.9 Å². The number of Topliss-reactive ketones (excluding diaryl/α,β-unsaturated/α-hetero) is 4. The van der Waals surface area contributed by atoms with Gasteiger partial charge in [0.15, 0.2) is 7.60 Å². The van der Waals surface area contributed by atoms with Gasteiger partial charge in [-0.25, -0.2) is 6.66 Å². The van der Waals surface area contributed by atoms with Gasteiger partial charge >= 0.3 is 0 Å². The summed E-state index contributed by atoms with van der Waals surface area (Å²) in [5.74, 6) is -3.00. The number of carbonyl (C=O) groups is 8. The second kappa shape index (κ2) is 59.8. The van der Waals surface area contributed by atoms with Crippen LogP contribution in [-0.2, 0) is 80.4 Å². The lowest BCUT2D eigenvalue weighted by atomic mass is 9.77. The minimum Gasteiger partial charge on any atom is -0.396 e. The molecule has 3 saturated carbocycles. The van der Waals surface area contributed by atoms with Gasteiger partial charge in [-0.2, -0.15) is 0 Å². The van der Waals surface area contributed by atoms with Gasteiger partial charge < -0.3 is 109 Å². The maximum atomic E-state index is 14.1. The van der Waals surface area contributed by atoms with E-state index < -0.39 is 79.7 Å². The van der Waals surface area contributed by atoms with Crippen LogP contribution >= 0.6 is 7.60 Å². The molecule has 3 aliphatic carbocycles. The fourth-order valence-electron chi connectivity index (χ4n) is 15.7. The van der Waals surface area contributed by atoms with Gasteiger partial charge in [0, 0.05) is 179 Å². The Bertz CT molecular complexity index is 2600. The molecule has 1 heterocycles. The van der Waals surface area contributed by atoms with E-state index in [1.54, 1.807) is 11.8 Å². The molecule has 4 rings (SSSR count). The fourth-order valence-corrected chi connectivity index (χ4v) is 16.2. The Morgan fingerprint density at radius 1 is 0.405 bits per heavy atom. The number of hydrogen-bond acceptors (Lipinski definition) is 27. The third-order valence-corrected chi connectivity index (χ3v) is 24.7. The van der Waals surface area contributed by atoms with Crippen molar-refractivity contribution in [1.82, 2.24) is 20.9 Å². The lowest BCUT2D eigenvalue weighted by Gasteiger charge is -2.40. The van der Waals surface area contributed by atoms with Crippen LogP contribution in [0.15, 0.2) is 0 Å². The fraction of sp³-hybridized carbons (Fsp3) is 0.893. The maximum absolute atomic E-state index is 14.1. The predicted molar refractivity (Wildman–Crippen MR) is 432 cm³/mol. The van der Waals surface area contributed by atoms with Gasteiger partial charge in [-0.1, -0.05) is 72.1 Å². The van der Waals surface area contributed by atoms with Crippen LogP contribution < -0.4 is 16.0 Å². The van der Waals surface area contributed by atoms with E-state index in [1.807, 2.05) is 13.8 Å². The lowest BCUT2D eigenvalue weighted by molar-refractivity contribution is -0.144. The van der Waals surface area contributed by atoms with Crippen LogP contribution in [0.2, 0.25) is 0 Å². The van der Waals surface area contributed by atoms with E-state index in [1.165, 1.54) is 7.11 Å². The number of ether oxygens (including phenoxy) is 6. The highest BCUT2D eigenvalue weighted by Crippen LogP contribution is 2.46. The number of aliphatic hydroxyl groups is 10. The quantitative estimate of drug-likeness (QED) is 0.0184. The van der Waals surface area contributed by atoms with Crippen molar-refractivity contribution in [3.8, 4) is 0 Å². The first-order chi connectivity index (χ1) is 55.6. The van der Waals surface area contributed by atoms with Gasteiger partial charge in [-0.05, 0) is 109 Å². The van der Waals surface area contributed by atoms with Crippen LogP contribution in [0.25, 0.3) is 0 Å². The number of hydrogen-bond donors (Lipinski definition) is 13. The summed E-state index contributed by atoms with van der Waals surface area (Å²) >= 11 is 0. The number of aliphatic hydroxyl groups excluding tert-OH is 10. The molecule has 116 heavy (non-hydrogen) atoms. The van der Waals surface area contributed by atoms with Crippen LogP contribution in [0, 0.1) is 42.2 Å². The molecule has 674 valence electrons. The van der Waals surface area contributed by atoms with Gasteiger partial charge in [0.1, 0.15) is 28.7 Å². The second-order valence-corrected chi connectivity index (χ2v) is 35.1. The summed E-state index contributed by atoms with van der Waals surface area (Å²) in [4.78, 5) is 107. The van der Waals surface area contributed by atoms with Crippen LogP contribution in [0.4, 0.5) is 0 Å². The van der Waals surface area contributed by atoms with Gasteiger partial charge in [0.05, 0.1) is 113 Å². The highest BCUT2D eigenvalue weighted by molar-refractivity contribution is 7.55. The molecule has 32 heteroatoms. The summed E-state index contributed by atoms with van der Waals surface area (Å²) in [6, 6.07) is -0.426. The molecule has 0 bridgehead atoms. The van der Waals surface area contributed by atoms with E-state index in [4.69, 9.17) is 37.5 Å². The minimum atomic E-state index is -3.50. The molecule has 1 aliphatic heterocycles. The molecule has 13 N–H and O–H groups in total. The Labute approximate surface area is 689 Å². The van der Waals surface area contributed by atoms with Gasteiger partial charge in [0.25, 0.3) is 0 Å². The molecule has 0 aromatic heterocycles. The zero-order valence-electron chi connectivity index (χ0n) is 70.3. The number of amides is 4. The van der Waals surface area contributed by atoms with E-state index in [0.717, 1.165) is 38.5 Å². The Kier molecular flexibility index (Phi) is 53.8. The van der Waals surface area contributed by atoms with Crippen molar-refractivity contribution in [1.29, 1.82) is 0 Å². The number of unbranched alkanes of at least 4 members (excludes halogenated alkanes) is 14. The summed E-state index contributed by atoms with van der Waals surface area (Å²) in [5, 5.41) is 110. The van der Waals surface area contributed by atoms with Crippen LogP contribution in [0.3, 0.4) is 0 Å². The topological polar surface area (TPSA) is 469 Å². The van der Waals surface area contributed by atoms with E-state index >= 15 is 0 Å². The van der Waals surface area contributed by atoms with Gasteiger partial charge in [-0.15, -0.1) is 0 Å². The molecule has 31 nitrogen and oxygen atoms in total. The van der Waals surface area contributed by atoms with E-state index in [0.29, 0.717) is 180 Å². The number of likely N-dealkylation sites (tertiary alicyclic amines) is 1. The summed E-state index contributed by atoms with van der Waals surface area (Å²) in [6.07, 6.45) is 11.3. The summed E-state index contributed by atoms with van der Waals surface area (Å²) < 4.78 is 58.9. The van der Waals surface area contributed by atoms with Crippen molar-refractivity contribution in [2.75, 3.05) is 113 Å². The van der Waals surface area contributed by atoms with Crippen molar-refractivity contribution in [3.05, 3.63) is 6.66 Å². The zero-order chi connectivity index (χ0) is 85.3. The molecule has 0 radical (unpaired) electrons. The monoisotopic (exact) mass is 1680 g/mol. The van der Waals surface area contributed by atoms with E-state index in [-0.39, 0.29) is 207 Å². The van der Waals surface area contributed by atoms with Crippen molar-refractivity contribution in [2.45, 2.75) is 331 Å². The molecule has 0 spiro atoms. The van der Waals surface area contributed by atoms with Crippen LogP contribution in [0.5, 0.6) is 0 Å². The molecular weight excluding hydrogens is 1530 g/mol. The lowest BCUT2D eigenvalue weighted by Crippen LogP contribution is -2.58. The molecule has 4 amide bonds. The van der Waals surface area contributed by atoms with Crippen molar-refractivity contribution in [3.63, 3.8) is 0 Å². The molecule has 4 aliphatic rings. The standard InChI is InChI=1S/C84H150N4O27P/c1-59-71(47-62(52-89)81(104)78(59)101)112-41-23-20-31-66(92)27-14-12-16-29-68(94)36-44-109-56-84(87-76(99)34-18-10-8-6-7-9-11-19-35-77(100)88-51-70(96)50-65(88)55-115-116(5,107)108-4,57-110-45-37-69(95)30-17-13-15-28-67(93)32-21-24-42-113-72-48-63(53-90)82(105)79(102)60(72)2)58-111-46-38-75(98)86-40-26-39-85-74(97)33-22-25-43-114-73-49-64(54-91)83(106)80(103)61(73)3/h59-65,70-73,78-83,89-91,96,101-106H,5-58H2,1-4H3,(H,85,97)(H,86,98)(H,87,99)/q-1/t59?,60?,61?,62?,63?,64?,65-,70+,71?,72?,73?,78?,79?,80?,81?,82?,83?,84?,116?/m0/s1. The number of nitrogens with zero attached hydrogens (tertiary/aromatic N) is 1. The number of ketones is 4. The highest BCUT2D eigenvalue weighted by atomic mass is 31.2. The summed E-state index contributed by atoms with van der Waals surface area (Å²) in [5.41, 5.74) is -1.33. The maximum Gasteiger partial charge on any atom is 0.222 e. The van der Waals surface area contributed by atoms with Crippen molar-refractivity contribution in [2.24, 2.45) is 35.5 Å². The van der Waals surface area contributed by atoms with Gasteiger partial charge in [0.2, 0.25) is 23.6 Å². The zero-order valence-corrected chi connectivity index (χ0v) is 71.2. The first-order valence-electron chi connectivity index (χ1n) is 43.6. The first-order valence-corrected chi connectivity index (χ1v) is 45.3. The molecular formula is C84H150N4O27P-. The normalized spacial score (nSPS) is 26.6. The Morgan fingerprint density at radius 3 is 1.13 bits per heavy atom. The third kappa shape index (κ3) is 41.8. The Morgan fingerprint density at radius 2 is 0.733 bits per heavy atom. The SMILES string of the molecule is [CH2-]P(=O)(OC)OC[C@@H]1C[C@@H](O)CN1C(=O)CCCCCCCCCCC(=O)NC(COCCC(=O)CCCCCC(=O)CCCCOC1CC(CO)C(O)C(O)C1C)(COCCC(=O)CCCCCC(=O)CCCCOC1CC(CO)C(O)C(O)C1C)COCCC(=O)NCCCNC(=O)CCCCOC1CC(CO)C(O)C(O)C1C. The number of rotatable bonds is 68.